The third-order valence-corrected chi connectivity index (χ3v) is 2.89. The monoisotopic (exact) mass is 250 g/mol. The average Bonchev–Trinajstić information content (AvgIpc) is 2.76. The molecule has 0 radical (unpaired) electrons. The maximum atomic E-state index is 11.9. The van der Waals surface area contributed by atoms with E-state index >= 15 is 0 Å². The van der Waals surface area contributed by atoms with Crippen LogP contribution >= 0.6 is 0 Å². The lowest BCUT2D eigenvalue weighted by Gasteiger charge is -2.15. The van der Waals surface area contributed by atoms with E-state index in [0.29, 0.717) is 13.0 Å². The molecule has 1 saturated heterocycles. The second-order valence-electron chi connectivity index (χ2n) is 4.13. The summed E-state index contributed by atoms with van der Waals surface area (Å²) in [6.07, 6.45) is -0.222. The highest BCUT2D eigenvalue weighted by molar-refractivity contribution is 6.02. The van der Waals surface area contributed by atoms with Gasteiger partial charge in [-0.25, -0.2) is 4.79 Å². The fourth-order valence-corrected chi connectivity index (χ4v) is 1.95. The first-order valence-electron chi connectivity index (χ1n) is 5.64. The second kappa shape index (κ2) is 5.16. The SMILES string of the molecule is O=C(O)c1ccccc1NC(=O)[C@H]1NCCC1O. The first-order chi connectivity index (χ1) is 8.59. The van der Waals surface area contributed by atoms with Crippen LogP contribution in [0.5, 0.6) is 0 Å². The van der Waals surface area contributed by atoms with Crippen molar-refractivity contribution in [1.82, 2.24) is 5.32 Å². The molecule has 1 amide bonds. The summed E-state index contributed by atoms with van der Waals surface area (Å²) in [6.45, 7) is 0.569. The number of aromatic carboxylic acids is 1. The van der Waals surface area contributed by atoms with Crippen molar-refractivity contribution in [2.24, 2.45) is 0 Å². The van der Waals surface area contributed by atoms with Gasteiger partial charge in [0.15, 0.2) is 0 Å². The molecule has 0 aliphatic carbocycles. The number of aliphatic hydroxyl groups is 1. The van der Waals surface area contributed by atoms with Gasteiger partial charge in [-0.1, -0.05) is 12.1 Å². The highest BCUT2D eigenvalue weighted by Gasteiger charge is 2.31. The van der Waals surface area contributed by atoms with Crippen LogP contribution in [0.25, 0.3) is 0 Å². The third-order valence-electron chi connectivity index (χ3n) is 2.89. The van der Waals surface area contributed by atoms with Crippen LogP contribution < -0.4 is 10.6 Å². The first kappa shape index (κ1) is 12.5. The molecule has 2 atom stereocenters. The van der Waals surface area contributed by atoms with E-state index in [1.165, 1.54) is 12.1 Å². The Morgan fingerprint density at radius 2 is 2.06 bits per heavy atom. The lowest BCUT2D eigenvalue weighted by atomic mass is 10.1. The molecule has 6 nitrogen and oxygen atoms in total. The van der Waals surface area contributed by atoms with Gasteiger partial charge in [0, 0.05) is 0 Å². The Bertz CT molecular complexity index is 475. The highest BCUT2D eigenvalue weighted by Crippen LogP contribution is 2.16. The molecule has 1 heterocycles. The van der Waals surface area contributed by atoms with E-state index in [9.17, 15) is 14.7 Å². The van der Waals surface area contributed by atoms with Gasteiger partial charge in [-0.3, -0.25) is 4.79 Å². The number of benzene rings is 1. The molecule has 1 fully saturated rings. The molecule has 18 heavy (non-hydrogen) atoms. The minimum absolute atomic E-state index is 0.0262. The number of rotatable bonds is 3. The third kappa shape index (κ3) is 2.49. The van der Waals surface area contributed by atoms with Crippen molar-refractivity contribution in [3.05, 3.63) is 29.8 Å². The van der Waals surface area contributed by atoms with Gasteiger partial charge < -0.3 is 20.8 Å². The number of carbonyl (C=O) groups excluding carboxylic acids is 1. The summed E-state index contributed by atoms with van der Waals surface area (Å²) in [5.41, 5.74) is 0.259. The molecule has 0 aromatic heterocycles. The molecule has 4 N–H and O–H groups in total. The molecule has 1 aliphatic heterocycles. The van der Waals surface area contributed by atoms with Gasteiger partial charge in [0.05, 0.1) is 17.4 Å². The molecule has 6 heteroatoms. The fourth-order valence-electron chi connectivity index (χ4n) is 1.95. The van der Waals surface area contributed by atoms with Crippen molar-refractivity contribution in [2.75, 3.05) is 11.9 Å². The molecular weight excluding hydrogens is 236 g/mol. The lowest BCUT2D eigenvalue weighted by Crippen LogP contribution is -2.42. The number of nitrogens with one attached hydrogen (secondary N) is 2. The number of aliphatic hydroxyl groups excluding tert-OH is 1. The Morgan fingerprint density at radius 1 is 1.33 bits per heavy atom. The fraction of sp³-hybridized carbons (Fsp3) is 0.333. The Kier molecular flexibility index (Phi) is 3.59. The smallest absolute Gasteiger partial charge is 0.337 e. The van der Waals surface area contributed by atoms with Crippen molar-refractivity contribution >= 4 is 17.6 Å². The summed E-state index contributed by atoms with van der Waals surface area (Å²) in [6, 6.07) is 5.47. The van der Waals surface area contributed by atoms with Gasteiger partial charge in [-0.05, 0) is 25.1 Å². The molecule has 2 rings (SSSR count). The van der Waals surface area contributed by atoms with Crippen LogP contribution in [0.2, 0.25) is 0 Å². The molecule has 1 aliphatic rings. The van der Waals surface area contributed by atoms with Crippen molar-refractivity contribution < 1.29 is 19.8 Å². The predicted molar refractivity (Wildman–Crippen MR) is 64.4 cm³/mol. The van der Waals surface area contributed by atoms with Crippen molar-refractivity contribution in [3.63, 3.8) is 0 Å². The topological polar surface area (TPSA) is 98.7 Å². The zero-order valence-electron chi connectivity index (χ0n) is 9.59. The van der Waals surface area contributed by atoms with Crippen LogP contribution in [0, 0.1) is 0 Å². The van der Waals surface area contributed by atoms with E-state index in [0.717, 1.165) is 0 Å². The molecule has 0 saturated carbocycles. The zero-order chi connectivity index (χ0) is 13.1. The van der Waals surface area contributed by atoms with Gasteiger partial charge in [-0.2, -0.15) is 0 Å². The van der Waals surface area contributed by atoms with E-state index in [-0.39, 0.29) is 11.3 Å². The summed E-state index contributed by atoms with van der Waals surface area (Å²) in [5.74, 6) is -1.53. The van der Waals surface area contributed by atoms with Crippen molar-refractivity contribution in [2.45, 2.75) is 18.6 Å². The molecular formula is C12H14N2O4. The van der Waals surface area contributed by atoms with Gasteiger partial charge in [0.2, 0.25) is 5.91 Å². The average molecular weight is 250 g/mol. The number of para-hydroxylation sites is 1. The summed E-state index contributed by atoms with van der Waals surface area (Å²) in [4.78, 5) is 22.8. The van der Waals surface area contributed by atoms with Gasteiger partial charge in [0.1, 0.15) is 6.04 Å². The number of carbonyl (C=O) groups is 2. The summed E-state index contributed by atoms with van der Waals surface area (Å²) in [5, 5.41) is 23.9. The maximum Gasteiger partial charge on any atom is 0.337 e. The minimum atomic E-state index is -1.11. The van der Waals surface area contributed by atoms with Crippen molar-refractivity contribution in [1.29, 1.82) is 0 Å². The maximum absolute atomic E-state index is 11.9. The van der Waals surface area contributed by atoms with Crippen LogP contribution in [0.4, 0.5) is 5.69 Å². The number of hydrogen-bond acceptors (Lipinski definition) is 4. The molecule has 1 unspecified atom stereocenters. The Balaban J connectivity index is 2.14. The molecule has 0 bridgehead atoms. The Morgan fingerprint density at radius 3 is 2.67 bits per heavy atom. The van der Waals surface area contributed by atoms with Crippen LogP contribution in [-0.2, 0) is 4.79 Å². The number of amides is 1. The van der Waals surface area contributed by atoms with E-state index in [1.54, 1.807) is 12.1 Å². The number of carboxylic acid groups (broad SMARTS) is 1. The first-order valence-corrected chi connectivity index (χ1v) is 5.64. The largest absolute Gasteiger partial charge is 0.478 e. The number of hydrogen-bond donors (Lipinski definition) is 4. The van der Waals surface area contributed by atoms with Crippen LogP contribution in [-0.4, -0.2) is 40.8 Å². The van der Waals surface area contributed by atoms with Crippen molar-refractivity contribution in [3.8, 4) is 0 Å². The molecule has 0 spiro atoms. The van der Waals surface area contributed by atoms with Gasteiger partial charge in [-0.15, -0.1) is 0 Å². The molecule has 96 valence electrons. The predicted octanol–water partition coefficient (Wildman–Crippen LogP) is 0.0461. The highest BCUT2D eigenvalue weighted by atomic mass is 16.4. The van der Waals surface area contributed by atoms with Gasteiger partial charge >= 0.3 is 5.97 Å². The standard InChI is InChI=1S/C12H14N2O4/c15-9-5-6-13-10(9)11(16)14-8-4-2-1-3-7(8)12(17)18/h1-4,9-10,13,15H,5-6H2,(H,14,16)(H,17,18)/t9?,10-/m0/s1. The number of carboxylic acids is 1. The van der Waals surface area contributed by atoms with E-state index in [2.05, 4.69) is 10.6 Å². The lowest BCUT2D eigenvalue weighted by molar-refractivity contribution is -0.119. The van der Waals surface area contributed by atoms with E-state index < -0.39 is 24.0 Å². The Labute approximate surface area is 104 Å². The summed E-state index contributed by atoms with van der Waals surface area (Å²) in [7, 11) is 0. The van der Waals surface area contributed by atoms with E-state index in [1.807, 2.05) is 0 Å². The van der Waals surface area contributed by atoms with Crippen LogP contribution in [0.15, 0.2) is 24.3 Å². The Hall–Kier alpha value is -1.92. The molecule has 1 aromatic rings. The zero-order valence-corrected chi connectivity index (χ0v) is 9.59. The molecule has 1 aromatic carbocycles. The second-order valence-corrected chi connectivity index (χ2v) is 4.13. The van der Waals surface area contributed by atoms with E-state index in [4.69, 9.17) is 5.11 Å². The quantitative estimate of drug-likeness (QED) is 0.607. The number of anilines is 1. The normalized spacial score (nSPS) is 22.7. The summed E-state index contributed by atoms with van der Waals surface area (Å²) < 4.78 is 0. The summed E-state index contributed by atoms with van der Waals surface area (Å²) >= 11 is 0. The van der Waals surface area contributed by atoms with Crippen LogP contribution in [0.1, 0.15) is 16.8 Å². The van der Waals surface area contributed by atoms with Crippen LogP contribution in [0.3, 0.4) is 0 Å². The van der Waals surface area contributed by atoms with Gasteiger partial charge in [0.25, 0.3) is 0 Å². The minimum Gasteiger partial charge on any atom is -0.478 e.